The molecule has 1 aromatic heterocycles. The lowest BCUT2D eigenvalue weighted by atomic mass is 10.1. The molecule has 0 radical (unpaired) electrons. The average Bonchev–Trinajstić information content (AvgIpc) is 2.87. The first kappa shape index (κ1) is 13.0. The molecule has 3 N–H and O–H groups in total. The van der Waals surface area contributed by atoms with Crippen molar-refractivity contribution in [1.29, 1.82) is 0 Å². The first-order chi connectivity index (χ1) is 9.47. The second kappa shape index (κ2) is 4.54. The van der Waals surface area contributed by atoms with Crippen LogP contribution in [0.25, 0.3) is 11.6 Å². The van der Waals surface area contributed by atoms with Crippen molar-refractivity contribution in [2.45, 2.75) is 0 Å². The molecule has 0 atom stereocenters. The van der Waals surface area contributed by atoms with Gasteiger partial charge in [-0.15, -0.1) is 0 Å². The Balaban J connectivity index is 2.13. The highest BCUT2D eigenvalue weighted by Crippen LogP contribution is 2.39. The molecule has 0 saturated heterocycles. The number of halogens is 2. The Morgan fingerprint density at radius 2 is 2.00 bits per heavy atom. The quantitative estimate of drug-likeness (QED) is 0.849. The molecule has 2 heterocycles. The highest BCUT2D eigenvalue weighted by Gasteiger charge is 2.17. The second-order valence-electron chi connectivity index (χ2n) is 4.38. The van der Waals surface area contributed by atoms with Gasteiger partial charge >= 0.3 is 0 Å². The third-order valence-electron chi connectivity index (χ3n) is 3.14. The minimum Gasteiger partial charge on any atom is -0.492 e. The van der Waals surface area contributed by atoms with Gasteiger partial charge in [-0.05, 0) is 18.2 Å². The van der Waals surface area contributed by atoms with E-state index in [1.54, 1.807) is 36.0 Å². The summed E-state index contributed by atoms with van der Waals surface area (Å²) in [5, 5.41) is 10.7. The number of fused-ring (bicyclic) bond motifs is 1. The maximum absolute atomic E-state index is 9.77. The summed E-state index contributed by atoms with van der Waals surface area (Å²) >= 11 is 12.0. The minimum absolute atomic E-state index is 0.126. The van der Waals surface area contributed by atoms with Crippen molar-refractivity contribution in [2.75, 3.05) is 5.73 Å². The number of hydrogen-bond acceptors (Lipinski definition) is 4. The van der Waals surface area contributed by atoms with E-state index in [9.17, 15) is 5.11 Å². The molecule has 0 unspecified atom stereocenters. The van der Waals surface area contributed by atoms with Gasteiger partial charge in [0.2, 0.25) is 11.8 Å². The molecule has 0 amide bonds. The lowest BCUT2D eigenvalue weighted by Gasteiger charge is -2.03. The molecule has 0 spiro atoms. The Morgan fingerprint density at radius 1 is 1.30 bits per heavy atom. The van der Waals surface area contributed by atoms with Gasteiger partial charge < -0.3 is 15.4 Å². The van der Waals surface area contributed by atoms with Crippen LogP contribution in [0.15, 0.2) is 17.1 Å². The van der Waals surface area contributed by atoms with Gasteiger partial charge in [0.25, 0.3) is 0 Å². The largest absolute Gasteiger partial charge is 0.492 e. The normalized spacial score (nSPS) is 15.1. The van der Waals surface area contributed by atoms with Crippen LogP contribution in [-0.2, 0) is 7.05 Å². The topological polar surface area (TPSA) is 76.4 Å². The molecule has 20 heavy (non-hydrogen) atoms. The standard InChI is InChI=1S/C13H10Cl2N4O/c1-19-11(12(20)18-13(19)16)2-6-5-17-10-4-9(15)8(14)3-7(6)10/h2-5,20H,1H3,(H2,16,18)/b6-2-. The van der Waals surface area contributed by atoms with Gasteiger partial charge in [-0.25, -0.2) is 0 Å². The molecule has 5 nitrogen and oxygen atoms in total. The maximum atomic E-state index is 9.77. The SMILES string of the molecule is Cn1c(N)nc(O)c1/C=C1/C=Nc2cc(Cl)c(Cl)cc21. The molecule has 0 aliphatic carbocycles. The average molecular weight is 309 g/mol. The molecule has 102 valence electrons. The molecule has 1 aliphatic rings. The van der Waals surface area contributed by atoms with Crippen LogP contribution < -0.4 is 5.73 Å². The zero-order valence-corrected chi connectivity index (χ0v) is 11.9. The summed E-state index contributed by atoms with van der Waals surface area (Å²) in [5.74, 6) is 0.109. The Hall–Kier alpha value is -1.98. The molecule has 0 bridgehead atoms. The Kier molecular flexibility index (Phi) is 2.96. The Labute approximate surface area is 125 Å². The van der Waals surface area contributed by atoms with Crippen molar-refractivity contribution < 1.29 is 5.11 Å². The first-order valence-corrected chi connectivity index (χ1v) is 6.49. The fourth-order valence-corrected chi connectivity index (χ4v) is 2.34. The van der Waals surface area contributed by atoms with Crippen molar-refractivity contribution in [2.24, 2.45) is 12.0 Å². The molecular formula is C13H10Cl2N4O. The number of rotatable bonds is 1. The Bertz CT molecular complexity index is 777. The van der Waals surface area contributed by atoms with Gasteiger partial charge in [-0.1, -0.05) is 23.2 Å². The lowest BCUT2D eigenvalue weighted by Crippen LogP contribution is -1.98. The van der Waals surface area contributed by atoms with E-state index in [1.807, 2.05) is 0 Å². The smallest absolute Gasteiger partial charge is 0.238 e. The number of allylic oxidation sites excluding steroid dienone is 1. The number of aromatic nitrogens is 2. The number of imidazole rings is 1. The molecule has 3 rings (SSSR count). The van der Waals surface area contributed by atoms with E-state index in [2.05, 4.69) is 9.98 Å². The number of nitrogen functional groups attached to an aromatic ring is 1. The van der Waals surface area contributed by atoms with Gasteiger partial charge in [-0.2, -0.15) is 4.98 Å². The Morgan fingerprint density at radius 3 is 2.65 bits per heavy atom. The molecule has 7 heteroatoms. The summed E-state index contributed by atoms with van der Waals surface area (Å²) in [7, 11) is 1.72. The monoisotopic (exact) mass is 308 g/mol. The van der Waals surface area contributed by atoms with Crippen molar-refractivity contribution >= 4 is 52.7 Å². The van der Waals surface area contributed by atoms with Crippen LogP contribution >= 0.6 is 23.2 Å². The maximum Gasteiger partial charge on any atom is 0.238 e. The van der Waals surface area contributed by atoms with E-state index in [-0.39, 0.29) is 11.8 Å². The minimum atomic E-state index is -0.126. The molecule has 2 aromatic rings. The molecule has 0 fully saturated rings. The van der Waals surface area contributed by atoms with Gasteiger partial charge in [-0.3, -0.25) is 4.99 Å². The van der Waals surface area contributed by atoms with E-state index >= 15 is 0 Å². The number of hydrogen-bond donors (Lipinski definition) is 2. The molecular weight excluding hydrogens is 299 g/mol. The number of aliphatic imine (C=N–C) groups is 1. The predicted octanol–water partition coefficient (Wildman–Crippen LogP) is 3.27. The highest BCUT2D eigenvalue weighted by atomic mass is 35.5. The lowest BCUT2D eigenvalue weighted by molar-refractivity contribution is 0.455. The summed E-state index contributed by atoms with van der Waals surface area (Å²) in [5.41, 5.74) is 8.53. The van der Waals surface area contributed by atoms with E-state index in [4.69, 9.17) is 28.9 Å². The molecule has 1 aromatic carbocycles. The number of nitrogens with zero attached hydrogens (tertiary/aromatic N) is 3. The van der Waals surface area contributed by atoms with E-state index in [0.717, 1.165) is 16.8 Å². The van der Waals surface area contributed by atoms with Gasteiger partial charge in [0, 0.05) is 24.4 Å². The van der Waals surface area contributed by atoms with E-state index < -0.39 is 0 Å². The van der Waals surface area contributed by atoms with E-state index in [1.165, 1.54) is 0 Å². The first-order valence-electron chi connectivity index (χ1n) is 5.73. The van der Waals surface area contributed by atoms with Crippen LogP contribution in [0, 0.1) is 0 Å². The number of anilines is 1. The predicted molar refractivity (Wildman–Crippen MR) is 81.8 cm³/mol. The number of nitrogens with two attached hydrogens (primary N) is 1. The van der Waals surface area contributed by atoms with Gasteiger partial charge in [0.05, 0.1) is 15.7 Å². The summed E-state index contributed by atoms with van der Waals surface area (Å²) in [6.45, 7) is 0. The molecule has 0 saturated carbocycles. The van der Waals surface area contributed by atoms with Crippen LogP contribution in [-0.4, -0.2) is 20.9 Å². The zero-order chi connectivity index (χ0) is 14.4. The van der Waals surface area contributed by atoms with E-state index in [0.29, 0.717) is 15.7 Å². The number of aromatic hydroxyl groups is 1. The fraction of sp³-hybridized carbons (Fsp3) is 0.0769. The van der Waals surface area contributed by atoms with Crippen LogP contribution in [0.1, 0.15) is 11.3 Å². The summed E-state index contributed by atoms with van der Waals surface area (Å²) in [6, 6.07) is 3.45. The summed E-state index contributed by atoms with van der Waals surface area (Å²) < 4.78 is 1.59. The van der Waals surface area contributed by atoms with Crippen molar-refractivity contribution in [1.82, 2.24) is 9.55 Å². The summed E-state index contributed by atoms with van der Waals surface area (Å²) in [4.78, 5) is 8.07. The van der Waals surface area contributed by atoms with Crippen LogP contribution in [0.4, 0.5) is 11.6 Å². The van der Waals surface area contributed by atoms with Gasteiger partial charge in [0.15, 0.2) is 0 Å². The summed E-state index contributed by atoms with van der Waals surface area (Å²) in [6.07, 6.45) is 3.43. The third-order valence-corrected chi connectivity index (χ3v) is 3.86. The van der Waals surface area contributed by atoms with Gasteiger partial charge in [0.1, 0.15) is 5.69 Å². The second-order valence-corrected chi connectivity index (χ2v) is 5.19. The van der Waals surface area contributed by atoms with Crippen LogP contribution in [0.2, 0.25) is 10.0 Å². The number of benzene rings is 1. The highest BCUT2D eigenvalue weighted by molar-refractivity contribution is 6.42. The van der Waals surface area contributed by atoms with Crippen molar-refractivity contribution in [3.05, 3.63) is 33.4 Å². The van der Waals surface area contributed by atoms with Crippen molar-refractivity contribution in [3.8, 4) is 5.88 Å². The fourth-order valence-electron chi connectivity index (χ4n) is 2.02. The van der Waals surface area contributed by atoms with Crippen LogP contribution in [0.3, 0.4) is 0 Å². The third kappa shape index (κ3) is 1.95. The molecule has 1 aliphatic heterocycles. The zero-order valence-electron chi connectivity index (χ0n) is 10.4. The van der Waals surface area contributed by atoms with Crippen molar-refractivity contribution in [3.63, 3.8) is 0 Å². The van der Waals surface area contributed by atoms with Crippen LogP contribution in [0.5, 0.6) is 5.88 Å².